The van der Waals surface area contributed by atoms with Crippen LogP contribution in [-0.2, 0) is 10.0 Å². The summed E-state index contributed by atoms with van der Waals surface area (Å²) in [7, 11) is -4.07. The summed E-state index contributed by atoms with van der Waals surface area (Å²) in [5, 5.41) is 16.1. The van der Waals surface area contributed by atoms with E-state index in [1.165, 1.54) is 12.1 Å². The number of H-pyrrole nitrogens is 1. The van der Waals surface area contributed by atoms with Crippen LogP contribution in [0.1, 0.15) is 12.0 Å². The quantitative estimate of drug-likeness (QED) is 0.411. The van der Waals surface area contributed by atoms with Crippen molar-refractivity contribution >= 4 is 32.7 Å². The van der Waals surface area contributed by atoms with Crippen LogP contribution >= 0.6 is 0 Å². The molecular weight excluding hydrogens is 446 g/mol. The fraction of sp³-hybridized carbons (Fsp3) is 0.143. The molecule has 0 saturated heterocycles. The van der Waals surface area contributed by atoms with E-state index in [1.54, 1.807) is 30.5 Å². The molecule has 0 bridgehead atoms. The Morgan fingerprint density at radius 1 is 1.12 bits per heavy atom. The van der Waals surface area contributed by atoms with E-state index in [4.69, 9.17) is 15.2 Å². The number of nitrogens with two attached hydrogens (primary N) is 1. The van der Waals surface area contributed by atoms with Crippen molar-refractivity contribution in [2.75, 3.05) is 23.7 Å². The highest BCUT2D eigenvalue weighted by Gasteiger charge is 2.24. The second kappa shape index (κ2) is 7.95. The van der Waals surface area contributed by atoms with E-state index in [0.717, 1.165) is 0 Å². The number of sulfonamides is 1. The number of hydrogen-bond donors (Lipinski definition) is 3. The predicted octanol–water partition coefficient (Wildman–Crippen LogP) is 2.44. The minimum atomic E-state index is -4.07. The third-order valence-electron chi connectivity index (χ3n) is 4.99. The number of aromatic nitrogens is 4. The topological polar surface area (TPSA) is 169 Å². The molecule has 33 heavy (non-hydrogen) atoms. The molecule has 0 amide bonds. The maximum absolute atomic E-state index is 13.1. The van der Waals surface area contributed by atoms with E-state index in [2.05, 4.69) is 24.9 Å². The molecule has 0 saturated carbocycles. The summed E-state index contributed by atoms with van der Waals surface area (Å²) < 4.78 is 39.7. The molecule has 0 spiro atoms. The molecule has 0 unspecified atom stereocenters. The van der Waals surface area contributed by atoms with Crippen molar-refractivity contribution in [1.82, 2.24) is 20.2 Å². The molecule has 1 aliphatic rings. The van der Waals surface area contributed by atoms with Crippen LogP contribution in [0.5, 0.6) is 11.5 Å². The smallest absolute Gasteiger partial charge is 0.263 e. The molecule has 2 aromatic carbocycles. The van der Waals surface area contributed by atoms with Gasteiger partial charge in [-0.15, -0.1) is 0 Å². The fourth-order valence-corrected chi connectivity index (χ4v) is 4.59. The summed E-state index contributed by atoms with van der Waals surface area (Å²) in [4.78, 5) is 8.49. The summed E-state index contributed by atoms with van der Waals surface area (Å²) in [5.41, 5.74) is 8.20. The number of rotatable bonds is 4. The lowest BCUT2D eigenvalue weighted by Gasteiger charge is -2.13. The third kappa shape index (κ3) is 3.85. The standard InChI is InChI=1S/C21H17N7O4S/c22-10-13-8-16-17(32-7-1-6-31-16)9-18(13)33(29,30)28-14-4-2-12(3-5-14)15-11-24-19-20(23)26-27-21(19)25-15/h2-5,8-9,11,28H,1,6-7H2,(H3,23,25,26,27). The highest BCUT2D eigenvalue weighted by atomic mass is 32.2. The average Bonchev–Trinajstić information content (AvgIpc) is 3.03. The zero-order valence-electron chi connectivity index (χ0n) is 17.1. The molecule has 4 aromatic rings. The van der Waals surface area contributed by atoms with Crippen LogP contribution < -0.4 is 19.9 Å². The van der Waals surface area contributed by atoms with Gasteiger partial charge in [-0.1, -0.05) is 12.1 Å². The van der Waals surface area contributed by atoms with Crippen molar-refractivity contribution in [3.05, 3.63) is 48.2 Å². The Hall–Kier alpha value is -4.37. The van der Waals surface area contributed by atoms with Crippen LogP contribution in [0.3, 0.4) is 0 Å². The van der Waals surface area contributed by atoms with Crippen molar-refractivity contribution in [1.29, 1.82) is 5.26 Å². The zero-order chi connectivity index (χ0) is 23.0. The van der Waals surface area contributed by atoms with Gasteiger partial charge in [0.15, 0.2) is 28.5 Å². The maximum atomic E-state index is 13.1. The number of anilines is 2. The number of hydrogen-bond acceptors (Lipinski definition) is 9. The number of nitriles is 1. The first-order valence-corrected chi connectivity index (χ1v) is 11.4. The lowest BCUT2D eigenvalue weighted by molar-refractivity contribution is 0.297. The van der Waals surface area contributed by atoms with E-state index in [0.29, 0.717) is 53.5 Å². The number of aromatic amines is 1. The van der Waals surface area contributed by atoms with Gasteiger partial charge in [0.2, 0.25) is 0 Å². The molecule has 4 N–H and O–H groups in total. The van der Waals surface area contributed by atoms with Gasteiger partial charge < -0.3 is 15.2 Å². The van der Waals surface area contributed by atoms with Crippen molar-refractivity contribution in [3.63, 3.8) is 0 Å². The second-order valence-corrected chi connectivity index (χ2v) is 8.85. The van der Waals surface area contributed by atoms with Crippen LogP contribution in [0.4, 0.5) is 11.5 Å². The molecule has 0 radical (unpaired) electrons. The fourth-order valence-electron chi connectivity index (χ4n) is 3.38. The van der Waals surface area contributed by atoms with Crippen LogP contribution in [0.25, 0.3) is 22.4 Å². The van der Waals surface area contributed by atoms with Gasteiger partial charge in [-0.05, 0) is 12.1 Å². The first-order chi connectivity index (χ1) is 15.9. The minimum absolute atomic E-state index is 0.0363. The number of fused-ring (bicyclic) bond motifs is 2. The number of nitrogens with zero attached hydrogens (tertiary/aromatic N) is 4. The highest BCUT2D eigenvalue weighted by Crippen LogP contribution is 2.35. The van der Waals surface area contributed by atoms with E-state index < -0.39 is 10.0 Å². The molecule has 11 nitrogen and oxygen atoms in total. The third-order valence-corrected chi connectivity index (χ3v) is 6.41. The molecule has 0 fully saturated rings. The molecule has 3 heterocycles. The zero-order valence-corrected chi connectivity index (χ0v) is 17.9. The van der Waals surface area contributed by atoms with Gasteiger partial charge in [0, 0.05) is 29.8 Å². The number of ether oxygens (including phenoxy) is 2. The van der Waals surface area contributed by atoms with Crippen LogP contribution in [0.2, 0.25) is 0 Å². The predicted molar refractivity (Wildman–Crippen MR) is 119 cm³/mol. The normalized spacial score (nSPS) is 13.3. The van der Waals surface area contributed by atoms with E-state index in [-0.39, 0.29) is 22.0 Å². The molecule has 12 heteroatoms. The molecule has 0 aliphatic carbocycles. The molecule has 166 valence electrons. The van der Waals surface area contributed by atoms with Gasteiger partial charge in [-0.2, -0.15) is 10.4 Å². The van der Waals surface area contributed by atoms with Crippen LogP contribution in [0.15, 0.2) is 47.5 Å². The number of nitrogens with one attached hydrogen (secondary N) is 2. The SMILES string of the molecule is N#Cc1cc2c(cc1S(=O)(=O)Nc1ccc(-c3cnc4c(N)n[nH]c4n3)cc1)OCCCO2. The van der Waals surface area contributed by atoms with Crippen molar-refractivity contribution < 1.29 is 17.9 Å². The summed E-state index contributed by atoms with van der Waals surface area (Å²) in [6.45, 7) is 0.826. The molecule has 5 rings (SSSR count). The summed E-state index contributed by atoms with van der Waals surface area (Å²) in [6, 6.07) is 11.2. The van der Waals surface area contributed by atoms with E-state index in [9.17, 15) is 13.7 Å². The molecule has 1 aliphatic heterocycles. The number of nitrogen functional groups attached to an aromatic ring is 1. The van der Waals surface area contributed by atoms with Gasteiger partial charge in [-0.25, -0.2) is 18.4 Å². The minimum Gasteiger partial charge on any atom is -0.490 e. The van der Waals surface area contributed by atoms with E-state index in [1.807, 2.05) is 6.07 Å². The first kappa shape index (κ1) is 20.5. The average molecular weight is 463 g/mol. The molecule has 0 atom stereocenters. The van der Waals surface area contributed by atoms with Crippen molar-refractivity contribution in [3.8, 4) is 28.8 Å². The Labute approximate surface area is 188 Å². The lowest BCUT2D eigenvalue weighted by atomic mass is 10.1. The van der Waals surface area contributed by atoms with Gasteiger partial charge >= 0.3 is 0 Å². The van der Waals surface area contributed by atoms with Gasteiger partial charge in [0.25, 0.3) is 10.0 Å². The first-order valence-electron chi connectivity index (χ1n) is 9.88. The Kier molecular flexibility index (Phi) is 4.95. The Morgan fingerprint density at radius 3 is 2.58 bits per heavy atom. The van der Waals surface area contributed by atoms with Crippen LogP contribution in [0, 0.1) is 11.3 Å². The lowest BCUT2D eigenvalue weighted by Crippen LogP contribution is -2.15. The van der Waals surface area contributed by atoms with Crippen molar-refractivity contribution in [2.45, 2.75) is 11.3 Å². The largest absolute Gasteiger partial charge is 0.490 e. The molecule has 2 aromatic heterocycles. The summed E-state index contributed by atoms with van der Waals surface area (Å²) in [5.74, 6) is 0.903. The molecular formula is C21H17N7O4S. The summed E-state index contributed by atoms with van der Waals surface area (Å²) in [6.07, 6.45) is 2.22. The maximum Gasteiger partial charge on any atom is 0.263 e. The van der Waals surface area contributed by atoms with Gasteiger partial charge in [0.1, 0.15) is 11.0 Å². The highest BCUT2D eigenvalue weighted by molar-refractivity contribution is 7.92. The monoisotopic (exact) mass is 463 g/mol. The second-order valence-electron chi connectivity index (χ2n) is 7.20. The Morgan fingerprint density at radius 2 is 1.85 bits per heavy atom. The van der Waals surface area contributed by atoms with Gasteiger partial charge in [-0.3, -0.25) is 9.82 Å². The Bertz CT molecular complexity index is 1510. The Balaban J connectivity index is 1.43. The van der Waals surface area contributed by atoms with Gasteiger partial charge in [0.05, 0.1) is 30.7 Å². The van der Waals surface area contributed by atoms with E-state index >= 15 is 0 Å². The van der Waals surface area contributed by atoms with Crippen molar-refractivity contribution in [2.24, 2.45) is 0 Å². The summed E-state index contributed by atoms with van der Waals surface area (Å²) >= 11 is 0. The number of benzene rings is 2. The van der Waals surface area contributed by atoms with Crippen LogP contribution in [-0.4, -0.2) is 41.8 Å².